The van der Waals surface area contributed by atoms with Crippen LogP contribution in [0.1, 0.15) is 24.8 Å². The molecule has 0 aromatic heterocycles. The summed E-state index contributed by atoms with van der Waals surface area (Å²) < 4.78 is 33.6. The molecule has 0 spiro atoms. The van der Waals surface area contributed by atoms with E-state index >= 15 is 0 Å². The molecule has 0 amide bonds. The van der Waals surface area contributed by atoms with Gasteiger partial charge in [-0.05, 0) is 24.1 Å². The van der Waals surface area contributed by atoms with E-state index in [1.165, 1.54) is 12.1 Å². The number of rotatable bonds is 9. The van der Waals surface area contributed by atoms with Gasteiger partial charge in [0.15, 0.2) is 9.84 Å². The van der Waals surface area contributed by atoms with Gasteiger partial charge in [-0.1, -0.05) is 19.1 Å². The van der Waals surface area contributed by atoms with E-state index < -0.39 is 15.9 Å². The molecular weight excluding hydrogens is 292 g/mol. The molecule has 0 radical (unpaired) electrons. The van der Waals surface area contributed by atoms with Gasteiger partial charge in [0, 0.05) is 25.9 Å². The molecule has 0 heterocycles. The summed E-state index contributed by atoms with van der Waals surface area (Å²) in [6.07, 6.45) is 2.14. The van der Waals surface area contributed by atoms with Gasteiger partial charge in [0.2, 0.25) is 0 Å². The zero-order valence-corrected chi connectivity index (χ0v) is 13.4. The minimum atomic E-state index is -3.23. The van der Waals surface area contributed by atoms with E-state index in [0.717, 1.165) is 24.5 Å². The molecule has 0 N–H and O–H groups in total. The molecule has 0 aliphatic heterocycles. The Morgan fingerprint density at radius 3 is 2.29 bits per heavy atom. The minimum absolute atomic E-state index is 0.250. The zero-order valence-electron chi connectivity index (χ0n) is 12.6. The monoisotopic (exact) mass is 314 g/mol. The number of methoxy groups -OCH3 is 1. The second kappa shape index (κ2) is 8.26. The van der Waals surface area contributed by atoms with Crippen LogP contribution >= 0.6 is 0 Å². The van der Waals surface area contributed by atoms with Crippen molar-refractivity contribution in [2.45, 2.75) is 30.3 Å². The van der Waals surface area contributed by atoms with E-state index in [1.807, 2.05) is 6.92 Å². The van der Waals surface area contributed by atoms with Gasteiger partial charge in [-0.2, -0.15) is 0 Å². The number of carbonyl (C=O) groups is 1. The number of hydrogen-bond donors (Lipinski definition) is 0. The van der Waals surface area contributed by atoms with Gasteiger partial charge in [-0.3, -0.25) is 0 Å². The predicted octanol–water partition coefficient (Wildman–Crippen LogP) is 1.81. The summed E-state index contributed by atoms with van der Waals surface area (Å²) in [4.78, 5) is 11.5. The molecule has 5 nitrogen and oxygen atoms in total. The van der Waals surface area contributed by atoms with E-state index in [4.69, 9.17) is 9.47 Å². The average molecular weight is 314 g/mol. The zero-order chi connectivity index (χ0) is 15.9. The number of aldehydes is 1. The summed E-state index contributed by atoms with van der Waals surface area (Å²) in [6, 6.07) is 6.47. The smallest absolute Gasteiger partial charge is 0.175 e. The first kappa shape index (κ1) is 17.8. The van der Waals surface area contributed by atoms with Crippen molar-refractivity contribution in [1.29, 1.82) is 0 Å². The molecule has 21 heavy (non-hydrogen) atoms. The van der Waals surface area contributed by atoms with Crippen LogP contribution in [0.5, 0.6) is 0 Å². The van der Waals surface area contributed by atoms with Crippen LogP contribution in [0.4, 0.5) is 0 Å². The van der Waals surface area contributed by atoms with E-state index in [9.17, 15) is 13.2 Å². The Balaban J connectivity index is 3.01. The summed E-state index contributed by atoms with van der Waals surface area (Å²) in [7, 11) is -1.67. The van der Waals surface area contributed by atoms with E-state index in [-0.39, 0.29) is 10.8 Å². The van der Waals surface area contributed by atoms with Gasteiger partial charge in [-0.15, -0.1) is 0 Å². The van der Waals surface area contributed by atoms with Gasteiger partial charge >= 0.3 is 0 Å². The standard InChI is InChI=1S/C15H22O5S/c1-4-9-20-15(10-16)14(11-19-2)12-5-7-13(8-6-12)21(3,17)18/h5-8,10,14-15H,4,9,11H2,1-3H3. The molecule has 1 aromatic carbocycles. The van der Waals surface area contributed by atoms with Crippen LogP contribution in [-0.2, 0) is 24.1 Å². The first-order valence-corrected chi connectivity index (χ1v) is 8.69. The van der Waals surface area contributed by atoms with Crippen LogP contribution in [0, 0.1) is 0 Å². The number of benzene rings is 1. The van der Waals surface area contributed by atoms with Crippen LogP contribution in [-0.4, -0.2) is 47.4 Å². The molecule has 0 aliphatic rings. The highest BCUT2D eigenvalue weighted by Gasteiger charge is 2.24. The van der Waals surface area contributed by atoms with Crippen LogP contribution in [0.15, 0.2) is 29.2 Å². The Kier molecular flexibility index (Phi) is 7.01. The maximum absolute atomic E-state index is 11.5. The molecule has 0 bridgehead atoms. The van der Waals surface area contributed by atoms with Crippen LogP contribution in [0.25, 0.3) is 0 Å². The highest BCUT2D eigenvalue weighted by atomic mass is 32.2. The summed E-state index contributed by atoms with van der Waals surface area (Å²) in [5.74, 6) is -0.257. The van der Waals surface area contributed by atoms with Gasteiger partial charge in [0.1, 0.15) is 12.4 Å². The Labute approximate surface area is 126 Å². The topological polar surface area (TPSA) is 69.7 Å². The maximum Gasteiger partial charge on any atom is 0.175 e. The fraction of sp³-hybridized carbons (Fsp3) is 0.533. The van der Waals surface area contributed by atoms with Gasteiger partial charge < -0.3 is 14.3 Å². The molecule has 6 heteroatoms. The Morgan fingerprint density at radius 1 is 1.24 bits per heavy atom. The fourth-order valence-corrected chi connectivity index (χ4v) is 2.66. The summed E-state index contributed by atoms with van der Waals surface area (Å²) in [5, 5.41) is 0. The van der Waals surface area contributed by atoms with E-state index in [2.05, 4.69) is 0 Å². The lowest BCUT2D eigenvalue weighted by molar-refractivity contribution is -0.120. The first-order chi connectivity index (χ1) is 9.93. The lowest BCUT2D eigenvalue weighted by Crippen LogP contribution is -2.27. The second-order valence-corrected chi connectivity index (χ2v) is 6.89. The molecule has 0 saturated carbocycles. The number of carbonyl (C=O) groups excluding carboxylic acids is 1. The van der Waals surface area contributed by atoms with Crippen molar-refractivity contribution in [3.63, 3.8) is 0 Å². The van der Waals surface area contributed by atoms with Gasteiger partial charge in [0.05, 0.1) is 11.5 Å². The quantitative estimate of drug-likeness (QED) is 0.650. The molecule has 1 rings (SSSR count). The number of sulfone groups is 1. The summed E-state index contributed by atoms with van der Waals surface area (Å²) in [6.45, 7) is 2.78. The highest BCUT2D eigenvalue weighted by Crippen LogP contribution is 2.23. The van der Waals surface area contributed by atoms with Crippen LogP contribution in [0.2, 0.25) is 0 Å². The van der Waals surface area contributed by atoms with Crippen molar-refractivity contribution in [3.05, 3.63) is 29.8 Å². The molecule has 0 saturated heterocycles. The SMILES string of the molecule is CCCOC(C=O)C(COC)c1ccc(S(C)(=O)=O)cc1. The Morgan fingerprint density at radius 2 is 1.86 bits per heavy atom. The third-order valence-corrected chi connectivity index (χ3v) is 4.26. The van der Waals surface area contributed by atoms with Crippen molar-refractivity contribution < 1.29 is 22.7 Å². The molecular formula is C15H22O5S. The van der Waals surface area contributed by atoms with Gasteiger partial charge in [0.25, 0.3) is 0 Å². The summed E-state index contributed by atoms with van der Waals surface area (Å²) >= 11 is 0. The Hall–Kier alpha value is -1.24. The van der Waals surface area contributed by atoms with Crippen LogP contribution < -0.4 is 0 Å². The molecule has 1 aromatic rings. The van der Waals surface area contributed by atoms with E-state index in [0.29, 0.717) is 13.2 Å². The molecule has 118 valence electrons. The van der Waals surface area contributed by atoms with Crippen LogP contribution in [0.3, 0.4) is 0 Å². The normalized spacial score (nSPS) is 14.6. The molecule has 0 aliphatic carbocycles. The lowest BCUT2D eigenvalue weighted by atomic mass is 9.94. The minimum Gasteiger partial charge on any atom is -0.384 e. The number of hydrogen-bond acceptors (Lipinski definition) is 5. The number of ether oxygens (including phenoxy) is 2. The second-order valence-electron chi connectivity index (χ2n) is 4.87. The van der Waals surface area contributed by atoms with E-state index in [1.54, 1.807) is 19.2 Å². The van der Waals surface area contributed by atoms with Gasteiger partial charge in [-0.25, -0.2) is 8.42 Å². The highest BCUT2D eigenvalue weighted by molar-refractivity contribution is 7.90. The average Bonchev–Trinajstić information content (AvgIpc) is 2.46. The third-order valence-electron chi connectivity index (χ3n) is 3.13. The predicted molar refractivity (Wildman–Crippen MR) is 80.3 cm³/mol. The lowest BCUT2D eigenvalue weighted by Gasteiger charge is -2.23. The van der Waals surface area contributed by atoms with Crippen molar-refractivity contribution in [2.75, 3.05) is 26.6 Å². The first-order valence-electron chi connectivity index (χ1n) is 6.79. The van der Waals surface area contributed by atoms with Crippen molar-refractivity contribution in [1.82, 2.24) is 0 Å². The summed E-state index contributed by atoms with van der Waals surface area (Å²) in [5.41, 5.74) is 0.817. The maximum atomic E-state index is 11.5. The van der Waals surface area contributed by atoms with Crippen molar-refractivity contribution >= 4 is 16.1 Å². The fourth-order valence-electron chi connectivity index (χ4n) is 2.03. The van der Waals surface area contributed by atoms with Crippen molar-refractivity contribution in [2.24, 2.45) is 0 Å². The third kappa shape index (κ3) is 5.22. The molecule has 0 fully saturated rings. The van der Waals surface area contributed by atoms with Crippen molar-refractivity contribution in [3.8, 4) is 0 Å². The Bertz CT molecular complexity index is 536. The molecule has 2 atom stereocenters. The molecule has 2 unspecified atom stereocenters. The largest absolute Gasteiger partial charge is 0.384 e.